The summed E-state index contributed by atoms with van der Waals surface area (Å²) >= 11 is 5.42. The molecular formula is C11H10ClF3N2O3. The van der Waals surface area contributed by atoms with Crippen LogP contribution < -0.4 is 10.6 Å². The van der Waals surface area contributed by atoms with Crippen LogP contribution in [0.1, 0.15) is 12.5 Å². The molecule has 1 rings (SSSR count). The van der Waals surface area contributed by atoms with Gasteiger partial charge < -0.3 is 15.7 Å². The maximum absolute atomic E-state index is 12.6. The van der Waals surface area contributed by atoms with Gasteiger partial charge in [0.15, 0.2) is 0 Å². The second-order valence-electron chi connectivity index (χ2n) is 3.85. The van der Waals surface area contributed by atoms with Crippen LogP contribution in [0.2, 0.25) is 5.02 Å². The Morgan fingerprint density at radius 3 is 2.45 bits per heavy atom. The molecular weight excluding hydrogens is 301 g/mol. The number of carboxylic acids is 1. The van der Waals surface area contributed by atoms with Gasteiger partial charge in [0.1, 0.15) is 6.04 Å². The average Bonchev–Trinajstić information content (AvgIpc) is 2.29. The maximum Gasteiger partial charge on any atom is 0.417 e. The summed E-state index contributed by atoms with van der Waals surface area (Å²) in [4.78, 5) is 21.9. The smallest absolute Gasteiger partial charge is 0.417 e. The molecule has 0 aliphatic heterocycles. The molecule has 0 bridgehead atoms. The molecule has 0 radical (unpaired) electrons. The Balaban J connectivity index is 2.84. The molecule has 2 amide bonds. The third-order valence-electron chi connectivity index (χ3n) is 2.25. The Bertz CT molecular complexity index is 534. The first-order valence-corrected chi connectivity index (χ1v) is 5.66. The molecule has 20 heavy (non-hydrogen) atoms. The average molecular weight is 311 g/mol. The van der Waals surface area contributed by atoms with Crippen molar-refractivity contribution in [2.24, 2.45) is 0 Å². The highest BCUT2D eigenvalue weighted by Gasteiger charge is 2.33. The van der Waals surface area contributed by atoms with E-state index in [4.69, 9.17) is 16.7 Å². The first-order valence-electron chi connectivity index (χ1n) is 5.28. The fourth-order valence-corrected chi connectivity index (χ4v) is 1.47. The Hall–Kier alpha value is -1.96. The Labute approximate surface area is 116 Å². The zero-order valence-electron chi connectivity index (χ0n) is 10.1. The lowest BCUT2D eigenvalue weighted by Crippen LogP contribution is -2.40. The molecule has 1 aromatic rings. The van der Waals surface area contributed by atoms with Gasteiger partial charge in [0.2, 0.25) is 0 Å². The monoisotopic (exact) mass is 310 g/mol. The Morgan fingerprint density at radius 2 is 1.95 bits per heavy atom. The first kappa shape index (κ1) is 16.1. The van der Waals surface area contributed by atoms with Crippen molar-refractivity contribution in [3.63, 3.8) is 0 Å². The molecule has 5 nitrogen and oxygen atoms in total. The highest BCUT2D eigenvalue weighted by Crippen LogP contribution is 2.36. The van der Waals surface area contributed by atoms with Gasteiger partial charge in [-0.05, 0) is 25.1 Å². The molecule has 0 aromatic heterocycles. The van der Waals surface area contributed by atoms with Gasteiger partial charge in [-0.25, -0.2) is 4.79 Å². The van der Waals surface area contributed by atoms with E-state index in [9.17, 15) is 22.8 Å². The number of alkyl halides is 3. The van der Waals surface area contributed by atoms with Crippen LogP contribution >= 0.6 is 11.6 Å². The van der Waals surface area contributed by atoms with E-state index in [0.29, 0.717) is 6.07 Å². The van der Waals surface area contributed by atoms with Gasteiger partial charge in [0, 0.05) is 5.69 Å². The molecule has 0 unspecified atom stereocenters. The van der Waals surface area contributed by atoms with E-state index in [1.807, 2.05) is 5.32 Å². The highest BCUT2D eigenvalue weighted by atomic mass is 35.5. The number of aliphatic carboxylic acids is 1. The van der Waals surface area contributed by atoms with Crippen molar-refractivity contribution in [1.82, 2.24) is 5.32 Å². The van der Waals surface area contributed by atoms with Crippen molar-refractivity contribution in [3.8, 4) is 0 Å². The molecule has 0 saturated heterocycles. The number of halogens is 4. The lowest BCUT2D eigenvalue weighted by molar-refractivity contribution is -0.139. The van der Waals surface area contributed by atoms with Crippen molar-refractivity contribution in [2.75, 3.05) is 5.32 Å². The topological polar surface area (TPSA) is 78.4 Å². The number of hydrogen-bond acceptors (Lipinski definition) is 2. The number of urea groups is 1. The quantitative estimate of drug-likeness (QED) is 0.803. The van der Waals surface area contributed by atoms with Crippen molar-refractivity contribution in [2.45, 2.75) is 19.1 Å². The van der Waals surface area contributed by atoms with Crippen molar-refractivity contribution in [3.05, 3.63) is 28.8 Å². The largest absolute Gasteiger partial charge is 0.480 e. The molecule has 0 heterocycles. The molecule has 3 N–H and O–H groups in total. The standard InChI is InChI=1S/C11H10ClF3N2O3/c1-5(9(18)19)16-10(20)17-6-2-3-8(12)7(4-6)11(13,14)15/h2-5H,1H3,(H,18,19)(H2,16,17,20)/t5-/m0/s1. The minimum absolute atomic E-state index is 0.156. The normalized spacial score (nSPS) is 12.7. The summed E-state index contributed by atoms with van der Waals surface area (Å²) in [6.45, 7) is 1.21. The van der Waals surface area contributed by atoms with Crippen LogP contribution in [-0.2, 0) is 11.0 Å². The number of rotatable bonds is 3. The lowest BCUT2D eigenvalue weighted by Gasteiger charge is -2.13. The molecule has 0 aliphatic carbocycles. The van der Waals surface area contributed by atoms with Crippen molar-refractivity contribution < 1.29 is 27.9 Å². The second kappa shape index (κ2) is 6.00. The molecule has 110 valence electrons. The Morgan fingerprint density at radius 1 is 1.35 bits per heavy atom. The fraction of sp³-hybridized carbons (Fsp3) is 0.273. The third kappa shape index (κ3) is 4.30. The van der Waals surface area contributed by atoms with E-state index in [-0.39, 0.29) is 5.69 Å². The van der Waals surface area contributed by atoms with E-state index in [1.54, 1.807) is 0 Å². The van der Waals surface area contributed by atoms with E-state index in [1.165, 1.54) is 13.0 Å². The molecule has 0 fully saturated rings. The predicted molar refractivity (Wildman–Crippen MR) is 65.7 cm³/mol. The minimum atomic E-state index is -4.65. The summed E-state index contributed by atoms with van der Waals surface area (Å²) in [5.41, 5.74) is -1.25. The summed E-state index contributed by atoms with van der Waals surface area (Å²) in [5, 5.41) is 12.2. The minimum Gasteiger partial charge on any atom is -0.480 e. The third-order valence-corrected chi connectivity index (χ3v) is 2.58. The SMILES string of the molecule is C[C@H](NC(=O)Nc1ccc(Cl)c(C(F)(F)F)c1)C(=O)O. The molecule has 0 spiro atoms. The van der Waals surface area contributed by atoms with Gasteiger partial charge in [0.25, 0.3) is 0 Å². The molecule has 0 saturated carbocycles. The van der Waals surface area contributed by atoms with Gasteiger partial charge in [0.05, 0.1) is 10.6 Å². The number of nitrogens with one attached hydrogen (secondary N) is 2. The number of anilines is 1. The molecule has 1 aromatic carbocycles. The second-order valence-corrected chi connectivity index (χ2v) is 4.26. The van der Waals surface area contributed by atoms with Crippen LogP contribution in [-0.4, -0.2) is 23.1 Å². The van der Waals surface area contributed by atoms with Crippen LogP contribution in [0.25, 0.3) is 0 Å². The summed E-state index contributed by atoms with van der Waals surface area (Å²) in [5.74, 6) is -1.27. The summed E-state index contributed by atoms with van der Waals surface area (Å²) in [6, 6.07) is 0.705. The molecule has 1 atom stereocenters. The summed E-state index contributed by atoms with van der Waals surface area (Å²) < 4.78 is 37.8. The Kier molecular flexibility index (Phi) is 4.83. The maximum atomic E-state index is 12.6. The van der Waals surface area contributed by atoms with Crippen LogP contribution in [0.15, 0.2) is 18.2 Å². The summed E-state index contributed by atoms with van der Waals surface area (Å²) in [6.07, 6.45) is -4.65. The van der Waals surface area contributed by atoms with Crippen LogP contribution in [0.5, 0.6) is 0 Å². The van der Waals surface area contributed by atoms with E-state index >= 15 is 0 Å². The van der Waals surface area contributed by atoms with E-state index in [0.717, 1.165) is 6.07 Å². The van der Waals surface area contributed by atoms with Crippen LogP contribution in [0.4, 0.5) is 23.7 Å². The van der Waals surface area contributed by atoms with Crippen molar-refractivity contribution >= 4 is 29.3 Å². The molecule has 9 heteroatoms. The van der Waals surface area contributed by atoms with Crippen molar-refractivity contribution in [1.29, 1.82) is 0 Å². The number of hydrogen-bond donors (Lipinski definition) is 3. The van der Waals surface area contributed by atoms with E-state index < -0.39 is 34.8 Å². The fourth-order valence-electron chi connectivity index (χ4n) is 1.25. The number of benzene rings is 1. The first-order chi connectivity index (χ1) is 9.11. The van der Waals surface area contributed by atoms with Gasteiger partial charge >= 0.3 is 18.2 Å². The van der Waals surface area contributed by atoms with Crippen LogP contribution in [0.3, 0.4) is 0 Å². The number of carboxylic acid groups (broad SMARTS) is 1. The van der Waals surface area contributed by atoms with Crippen LogP contribution in [0, 0.1) is 0 Å². The number of carbonyl (C=O) groups excluding carboxylic acids is 1. The van der Waals surface area contributed by atoms with Gasteiger partial charge in [-0.2, -0.15) is 13.2 Å². The predicted octanol–water partition coefficient (Wildman–Crippen LogP) is 2.95. The van der Waals surface area contributed by atoms with Gasteiger partial charge in [-0.15, -0.1) is 0 Å². The van der Waals surface area contributed by atoms with Gasteiger partial charge in [-0.3, -0.25) is 4.79 Å². The number of amides is 2. The van der Waals surface area contributed by atoms with E-state index in [2.05, 4.69) is 5.32 Å². The highest BCUT2D eigenvalue weighted by molar-refractivity contribution is 6.31. The van der Waals surface area contributed by atoms with Gasteiger partial charge in [-0.1, -0.05) is 11.6 Å². The number of carbonyl (C=O) groups is 2. The lowest BCUT2D eigenvalue weighted by atomic mass is 10.2. The zero-order chi connectivity index (χ0) is 15.5. The summed E-state index contributed by atoms with van der Waals surface area (Å²) in [7, 11) is 0. The zero-order valence-corrected chi connectivity index (χ0v) is 10.8. The molecule has 0 aliphatic rings.